The van der Waals surface area contributed by atoms with Crippen LogP contribution in [0.25, 0.3) is 0 Å². The number of likely N-dealkylation sites (N-methyl/N-ethyl adjacent to an activating group) is 1. The molecule has 3 atom stereocenters. The molecule has 0 spiro atoms. The molecule has 3 N–H and O–H groups in total. The molecule has 0 aliphatic carbocycles. The van der Waals surface area contributed by atoms with Crippen LogP contribution in [0.5, 0.6) is 0 Å². The summed E-state index contributed by atoms with van der Waals surface area (Å²) < 4.78 is 23.6. The van der Waals surface area contributed by atoms with E-state index in [0.717, 1.165) is 51.4 Å². The lowest BCUT2D eigenvalue weighted by Gasteiger charge is -2.25. The van der Waals surface area contributed by atoms with Gasteiger partial charge in [0.05, 0.1) is 39.9 Å². The zero-order chi connectivity index (χ0) is 52.7. The van der Waals surface area contributed by atoms with Gasteiger partial charge in [0, 0.05) is 6.42 Å². The molecule has 0 aliphatic heterocycles. The predicted molar refractivity (Wildman–Crippen MR) is 314 cm³/mol. The van der Waals surface area contributed by atoms with Gasteiger partial charge in [-0.1, -0.05) is 301 Å². The Kier molecular flexibility index (Phi) is 53.5. The van der Waals surface area contributed by atoms with E-state index in [1.807, 2.05) is 27.2 Å². The zero-order valence-corrected chi connectivity index (χ0v) is 49.6. The third kappa shape index (κ3) is 56.4. The van der Waals surface area contributed by atoms with Crippen molar-refractivity contribution in [2.24, 2.45) is 0 Å². The number of carbonyl (C=O) groups excluding carboxylic acids is 1. The molecule has 0 bridgehead atoms. The molecule has 0 aromatic carbocycles. The van der Waals surface area contributed by atoms with Gasteiger partial charge in [0.2, 0.25) is 5.91 Å². The summed E-state index contributed by atoms with van der Waals surface area (Å²) >= 11 is 0. The van der Waals surface area contributed by atoms with Crippen LogP contribution in [0.2, 0.25) is 0 Å². The number of hydrogen-bond acceptors (Lipinski definition) is 5. The number of hydrogen-bond donors (Lipinski definition) is 3. The SMILES string of the molecule is CCCC/C=C/CC/C=C/CC/C=C/C(O)C(COP(=O)(O)OCC[N+](C)(C)C)NC(=O)CCCCCCCCCCCCCCCCCCCCCCCCCCCCCCCCCCCCCCCC. The first-order valence-corrected chi connectivity index (χ1v) is 32.9. The fourth-order valence-corrected chi connectivity index (χ4v) is 10.2. The summed E-state index contributed by atoms with van der Waals surface area (Å²) in [6.45, 7) is 4.76. The molecular weight excluding hydrogens is 912 g/mol. The molecule has 8 nitrogen and oxygen atoms in total. The Morgan fingerprint density at radius 1 is 0.458 bits per heavy atom. The Hall–Kier alpha value is -1.28. The molecule has 0 fully saturated rings. The molecular formula is C63H124N2O6P+. The first-order valence-electron chi connectivity index (χ1n) is 31.4. The van der Waals surface area contributed by atoms with Gasteiger partial charge < -0.3 is 19.8 Å². The van der Waals surface area contributed by atoms with E-state index in [9.17, 15) is 19.4 Å². The molecule has 426 valence electrons. The molecule has 0 rings (SSSR count). The zero-order valence-electron chi connectivity index (χ0n) is 48.7. The Morgan fingerprint density at radius 3 is 1.10 bits per heavy atom. The maximum atomic E-state index is 12.9. The predicted octanol–water partition coefficient (Wildman–Crippen LogP) is 19.3. The normalized spacial score (nSPS) is 14.0. The van der Waals surface area contributed by atoms with Gasteiger partial charge >= 0.3 is 7.82 Å². The van der Waals surface area contributed by atoms with Gasteiger partial charge in [-0.3, -0.25) is 13.8 Å². The van der Waals surface area contributed by atoms with Gasteiger partial charge in [-0.05, 0) is 38.5 Å². The summed E-state index contributed by atoms with van der Waals surface area (Å²) in [6.07, 6.45) is 71.7. The summed E-state index contributed by atoms with van der Waals surface area (Å²) in [5, 5.41) is 13.8. The topological polar surface area (TPSA) is 105 Å². The molecule has 0 saturated heterocycles. The van der Waals surface area contributed by atoms with Crippen LogP contribution in [0.4, 0.5) is 0 Å². The lowest BCUT2D eigenvalue weighted by molar-refractivity contribution is -0.870. The van der Waals surface area contributed by atoms with Crippen LogP contribution in [0.15, 0.2) is 36.5 Å². The lowest BCUT2D eigenvalue weighted by atomic mass is 10.0. The molecule has 0 aliphatic rings. The van der Waals surface area contributed by atoms with Crippen molar-refractivity contribution in [2.45, 2.75) is 321 Å². The highest BCUT2D eigenvalue weighted by Gasteiger charge is 2.27. The maximum Gasteiger partial charge on any atom is 0.472 e. The van der Waals surface area contributed by atoms with Gasteiger partial charge in [-0.2, -0.15) is 0 Å². The third-order valence-electron chi connectivity index (χ3n) is 14.3. The van der Waals surface area contributed by atoms with Crippen molar-refractivity contribution in [2.75, 3.05) is 40.9 Å². The monoisotopic (exact) mass is 1040 g/mol. The molecule has 3 unspecified atom stereocenters. The number of allylic oxidation sites excluding steroid dienone is 5. The van der Waals surface area contributed by atoms with Crippen LogP contribution in [-0.4, -0.2) is 73.4 Å². The van der Waals surface area contributed by atoms with E-state index in [1.54, 1.807) is 6.08 Å². The first kappa shape index (κ1) is 70.7. The van der Waals surface area contributed by atoms with Crippen LogP contribution < -0.4 is 5.32 Å². The van der Waals surface area contributed by atoms with E-state index < -0.39 is 20.0 Å². The number of rotatable bonds is 58. The first-order chi connectivity index (χ1) is 35.0. The van der Waals surface area contributed by atoms with E-state index in [4.69, 9.17) is 9.05 Å². The average Bonchev–Trinajstić information content (AvgIpc) is 3.34. The fourth-order valence-electron chi connectivity index (χ4n) is 9.42. The molecule has 0 heterocycles. The minimum absolute atomic E-state index is 0.0548. The highest BCUT2D eigenvalue weighted by atomic mass is 31.2. The maximum absolute atomic E-state index is 12.9. The minimum Gasteiger partial charge on any atom is -0.387 e. The second-order valence-corrected chi connectivity index (χ2v) is 24.2. The van der Waals surface area contributed by atoms with E-state index in [0.29, 0.717) is 17.4 Å². The van der Waals surface area contributed by atoms with Gasteiger partial charge in [0.25, 0.3) is 0 Å². The van der Waals surface area contributed by atoms with Crippen molar-refractivity contribution in [3.8, 4) is 0 Å². The van der Waals surface area contributed by atoms with Crippen molar-refractivity contribution < 1.29 is 32.9 Å². The Labute approximate surface area is 448 Å². The van der Waals surface area contributed by atoms with Crippen LogP contribution >= 0.6 is 7.82 Å². The minimum atomic E-state index is -4.35. The highest BCUT2D eigenvalue weighted by Crippen LogP contribution is 2.43. The highest BCUT2D eigenvalue weighted by molar-refractivity contribution is 7.47. The Bertz CT molecular complexity index is 1270. The van der Waals surface area contributed by atoms with Gasteiger partial charge in [-0.15, -0.1) is 0 Å². The number of nitrogens with one attached hydrogen (secondary N) is 1. The van der Waals surface area contributed by atoms with Crippen LogP contribution in [-0.2, 0) is 18.4 Å². The number of nitrogens with zero attached hydrogens (tertiary/aromatic N) is 1. The van der Waals surface area contributed by atoms with Gasteiger partial charge in [-0.25, -0.2) is 4.57 Å². The third-order valence-corrected chi connectivity index (χ3v) is 15.3. The molecule has 1 amide bonds. The molecule has 9 heteroatoms. The number of unbranched alkanes of at least 4 members (excludes halogenated alkanes) is 41. The Balaban J connectivity index is 3.85. The van der Waals surface area contributed by atoms with Gasteiger partial charge in [0.1, 0.15) is 13.2 Å². The van der Waals surface area contributed by atoms with Crippen molar-refractivity contribution in [1.82, 2.24) is 5.32 Å². The second-order valence-electron chi connectivity index (χ2n) is 22.8. The molecule has 0 aromatic rings. The number of amides is 1. The van der Waals surface area contributed by atoms with Crippen LogP contribution in [0.3, 0.4) is 0 Å². The number of carbonyl (C=O) groups is 1. The van der Waals surface area contributed by atoms with Crippen molar-refractivity contribution in [1.29, 1.82) is 0 Å². The van der Waals surface area contributed by atoms with Crippen LogP contribution in [0.1, 0.15) is 309 Å². The van der Waals surface area contributed by atoms with E-state index in [1.165, 1.54) is 238 Å². The summed E-state index contributed by atoms with van der Waals surface area (Å²) in [4.78, 5) is 23.2. The lowest BCUT2D eigenvalue weighted by Crippen LogP contribution is -2.45. The number of quaternary nitrogens is 1. The number of aliphatic hydroxyl groups is 1. The molecule has 72 heavy (non-hydrogen) atoms. The van der Waals surface area contributed by atoms with E-state index in [-0.39, 0.29) is 19.1 Å². The summed E-state index contributed by atoms with van der Waals surface area (Å²) in [6, 6.07) is -0.867. The standard InChI is InChI=1S/C63H123N2O6P/c1-6-8-10-12-14-16-18-20-21-22-23-24-25-26-27-28-29-30-31-32-33-34-35-36-37-38-39-40-41-42-43-44-45-47-49-51-53-55-57-63(67)64-61(60-71-72(68,69)70-59-58-65(3,4)5)62(66)56-54-52-50-48-46-19-17-15-13-11-9-7-2/h13,15,46,48,54,56,61-62,66H,6-12,14,16-45,47,49-53,55,57-60H2,1-5H3,(H-,64,67,68,69)/p+1/b15-13+,48-46+,56-54+. The molecule has 0 radical (unpaired) electrons. The van der Waals surface area contributed by atoms with Crippen molar-refractivity contribution >= 4 is 13.7 Å². The molecule has 0 aromatic heterocycles. The Morgan fingerprint density at radius 2 is 0.764 bits per heavy atom. The van der Waals surface area contributed by atoms with E-state index >= 15 is 0 Å². The second kappa shape index (κ2) is 54.5. The van der Waals surface area contributed by atoms with Crippen molar-refractivity contribution in [3.63, 3.8) is 0 Å². The number of phosphoric acid groups is 1. The average molecular weight is 1040 g/mol. The number of aliphatic hydroxyl groups excluding tert-OH is 1. The quantitative estimate of drug-likeness (QED) is 0.0243. The van der Waals surface area contributed by atoms with E-state index in [2.05, 4.69) is 43.5 Å². The number of phosphoric ester groups is 1. The largest absolute Gasteiger partial charge is 0.472 e. The summed E-state index contributed by atoms with van der Waals surface area (Å²) in [5.74, 6) is -0.187. The fraction of sp³-hybridized carbons (Fsp3) is 0.889. The van der Waals surface area contributed by atoms with Crippen LogP contribution in [0, 0.1) is 0 Å². The summed E-state index contributed by atoms with van der Waals surface area (Å²) in [7, 11) is 1.55. The summed E-state index contributed by atoms with van der Waals surface area (Å²) in [5.41, 5.74) is 0. The molecule has 0 saturated carbocycles. The van der Waals surface area contributed by atoms with Gasteiger partial charge in [0.15, 0.2) is 0 Å². The van der Waals surface area contributed by atoms with Crippen molar-refractivity contribution in [3.05, 3.63) is 36.5 Å². The smallest absolute Gasteiger partial charge is 0.387 e.